The van der Waals surface area contributed by atoms with E-state index >= 15 is 0 Å². The molecule has 4 rings (SSSR count). The Morgan fingerprint density at radius 2 is 1.51 bits per heavy atom. The number of hydrogen-bond acceptors (Lipinski definition) is 6. The van der Waals surface area contributed by atoms with Crippen molar-refractivity contribution in [3.05, 3.63) is 83.4 Å². The van der Waals surface area contributed by atoms with Gasteiger partial charge in [-0.05, 0) is 113 Å². The van der Waals surface area contributed by atoms with Crippen molar-refractivity contribution in [1.29, 1.82) is 0 Å². The van der Waals surface area contributed by atoms with E-state index in [1.807, 2.05) is 32.9 Å². The number of benzene rings is 2. The summed E-state index contributed by atoms with van der Waals surface area (Å²) in [5.74, 6) is -0.326. The SMILES string of the molecule is CC(C)(C)OC(=O)Nc1ccc(-c2ccc(F)cc2)cc1CC(=O)c1ccc(C2CCN(C(=O)OC(C)(C)C)CC2)cn1. The molecule has 2 aromatic carbocycles. The fraction of sp³-hybridized carbons (Fsp3) is 0.412. The van der Waals surface area contributed by atoms with Crippen LogP contribution in [0.25, 0.3) is 11.1 Å². The molecule has 0 radical (unpaired) electrons. The summed E-state index contributed by atoms with van der Waals surface area (Å²) in [4.78, 5) is 44.5. The van der Waals surface area contributed by atoms with Crippen molar-refractivity contribution in [2.24, 2.45) is 0 Å². The van der Waals surface area contributed by atoms with Crippen LogP contribution in [0.3, 0.4) is 0 Å². The van der Waals surface area contributed by atoms with Gasteiger partial charge >= 0.3 is 12.2 Å². The number of carbonyl (C=O) groups is 3. The number of anilines is 1. The van der Waals surface area contributed by atoms with Gasteiger partial charge in [0, 0.05) is 31.4 Å². The van der Waals surface area contributed by atoms with Gasteiger partial charge in [0.15, 0.2) is 5.78 Å². The number of rotatable bonds is 6. The quantitative estimate of drug-likeness (QED) is 0.295. The number of hydrogen-bond donors (Lipinski definition) is 1. The maximum absolute atomic E-state index is 13.5. The fourth-order valence-electron chi connectivity index (χ4n) is 4.89. The standard InChI is InChI=1S/C34H40FN3O5/c1-33(2,3)42-31(40)37-28-13-9-24(22-7-11-27(35)12-8-22)19-26(28)20-30(39)29-14-10-25(21-36-29)23-15-17-38(18-16-23)32(41)43-34(4,5)6/h7-14,19,21,23H,15-18,20H2,1-6H3,(H,37,40). The second-order valence-electron chi connectivity index (χ2n) is 12.8. The molecule has 1 aromatic heterocycles. The Balaban J connectivity index is 1.47. The van der Waals surface area contributed by atoms with Crippen molar-refractivity contribution in [2.45, 2.75) is 77.9 Å². The summed E-state index contributed by atoms with van der Waals surface area (Å²) in [6.45, 7) is 12.1. The molecule has 0 unspecified atom stereocenters. The van der Waals surface area contributed by atoms with Crippen LogP contribution in [0.2, 0.25) is 0 Å². The minimum atomic E-state index is -0.688. The Morgan fingerprint density at radius 1 is 0.884 bits per heavy atom. The Kier molecular flexibility index (Phi) is 9.52. The smallest absolute Gasteiger partial charge is 0.412 e. The number of aromatic nitrogens is 1. The molecule has 2 amide bonds. The third-order valence-electron chi connectivity index (χ3n) is 6.96. The highest BCUT2D eigenvalue weighted by Crippen LogP contribution is 2.30. The lowest BCUT2D eigenvalue weighted by Gasteiger charge is -2.33. The summed E-state index contributed by atoms with van der Waals surface area (Å²) in [5, 5.41) is 2.76. The molecular weight excluding hydrogens is 549 g/mol. The number of Topliss-reactive ketones (excluding diaryl/α,β-unsaturated/α-hetero) is 1. The molecule has 228 valence electrons. The van der Waals surface area contributed by atoms with Crippen molar-refractivity contribution in [3.8, 4) is 11.1 Å². The van der Waals surface area contributed by atoms with Gasteiger partial charge < -0.3 is 14.4 Å². The summed E-state index contributed by atoms with van der Waals surface area (Å²) in [7, 11) is 0. The van der Waals surface area contributed by atoms with Crippen LogP contribution in [0, 0.1) is 5.82 Å². The molecule has 0 bridgehead atoms. The summed E-state index contributed by atoms with van der Waals surface area (Å²) >= 11 is 0. The lowest BCUT2D eigenvalue weighted by molar-refractivity contribution is 0.0204. The number of piperidine rings is 1. The Bertz CT molecular complexity index is 1450. The largest absolute Gasteiger partial charge is 0.444 e. The molecule has 1 aliphatic rings. The van der Waals surface area contributed by atoms with Gasteiger partial charge in [-0.1, -0.05) is 24.3 Å². The average molecular weight is 590 g/mol. The van der Waals surface area contributed by atoms with E-state index < -0.39 is 17.3 Å². The number of likely N-dealkylation sites (tertiary alicyclic amines) is 1. The number of amides is 2. The number of ether oxygens (including phenoxy) is 2. The number of pyridine rings is 1. The molecule has 3 aromatic rings. The average Bonchev–Trinajstić information content (AvgIpc) is 2.92. The molecule has 1 N–H and O–H groups in total. The molecule has 0 spiro atoms. The highest BCUT2D eigenvalue weighted by molar-refractivity contribution is 5.97. The van der Waals surface area contributed by atoms with E-state index in [9.17, 15) is 18.8 Å². The van der Waals surface area contributed by atoms with Crippen LogP contribution in [0.5, 0.6) is 0 Å². The van der Waals surface area contributed by atoms with Crippen LogP contribution in [-0.2, 0) is 15.9 Å². The molecule has 1 aliphatic heterocycles. The van der Waals surface area contributed by atoms with Crippen LogP contribution in [0.4, 0.5) is 19.7 Å². The fourth-order valence-corrected chi connectivity index (χ4v) is 4.89. The predicted octanol–water partition coefficient (Wildman–Crippen LogP) is 7.77. The minimum Gasteiger partial charge on any atom is -0.444 e. The zero-order valence-corrected chi connectivity index (χ0v) is 25.7. The molecule has 1 fully saturated rings. The van der Waals surface area contributed by atoms with Gasteiger partial charge in [0.2, 0.25) is 0 Å². The Labute approximate surface area is 252 Å². The van der Waals surface area contributed by atoms with E-state index in [0.717, 1.165) is 29.5 Å². The van der Waals surface area contributed by atoms with Gasteiger partial charge in [0.05, 0.1) is 0 Å². The van der Waals surface area contributed by atoms with Crippen LogP contribution in [0.15, 0.2) is 60.8 Å². The molecule has 2 heterocycles. The normalized spacial score (nSPS) is 14.3. The second kappa shape index (κ2) is 12.9. The monoisotopic (exact) mass is 589 g/mol. The van der Waals surface area contributed by atoms with Crippen LogP contribution in [0.1, 0.15) is 81.9 Å². The van der Waals surface area contributed by atoms with Crippen LogP contribution in [-0.4, -0.2) is 52.1 Å². The summed E-state index contributed by atoms with van der Waals surface area (Å²) in [6, 6.07) is 15.0. The number of nitrogens with zero attached hydrogens (tertiary/aromatic N) is 2. The molecule has 0 atom stereocenters. The predicted molar refractivity (Wildman–Crippen MR) is 164 cm³/mol. The van der Waals surface area contributed by atoms with E-state index in [2.05, 4.69) is 10.3 Å². The molecule has 9 heteroatoms. The highest BCUT2D eigenvalue weighted by atomic mass is 19.1. The van der Waals surface area contributed by atoms with Crippen molar-refractivity contribution >= 4 is 23.7 Å². The van der Waals surface area contributed by atoms with Crippen molar-refractivity contribution in [1.82, 2.24) is 9.88 Å². The first kappa shape index (κ1) is 31.7. The van der Waals surface area contributed by atoms with Crippen LogP contribution < -0.4 is 5.32 Å². The van der Waals surface area contributed by atoms with E-state index in [1.54, 1.807) is 62.2 Å². The molecule has 8 nitrogen and oxygen atoms in total. The molecule has 43 heavy (non-hydrogen) atoms. The first-order chi connectivity index (χ1) is 20.2. The van der Waals surface area contributed by atoms with Gasteiger partial charge in [-0.3, -0.25) is 15.1 Å². The third-order valence-corrected chi connectivity index (χ3v) is 6.96. The maximum atomic E-state index is 13.5. The van der Waals surface area contributed by atoms with E-state index in [1.165, 1.54) is 12.1 Å². The number of ketones is 1. The van der Waals surface area contributed by atoms with Crippen LogP contribution >= 0.6 is 0 Å². The summed E-state index contributed by atoms with van der Waals surface area (Å²) in [6.07, 6.45) is 2.36. The highest BCUT2D eigenvalue weighted by Gasteiger charge is 2.28. The number of halogens is 1. The molecule has 0 saturated carbocycles. The molecular formula is C34H40FN3O5. The lowest BCUT2D eigenvalue weighted by Crippen LogP contribution is -2.41. The number of carbonyl (C=O) groups excluding carboxylic acids is 3. The number of nitrogens with one attached hydrogen (secondary N) is 1. The van der Waals surface area contributed by atoms with Gasteiger partial charge in [0.25, 0.3) is 0 Å². The molecule has 1 saturated heterocycles. The molecule has 0 aliphatic carbocycles. The first-order valence-electron chi connectivity index (χ1n) is 14.5. The van der Waals surface area contributed by atoms with Gasteiger partial charge in [-0.2, -0.15) is 0 Å². The van der Waals surface area contributed by atoms with Crippen molar-refractivity contribution in [3.63, 3.8) is 0 Å². The summed E-state index contributed by atoms with van der Waals surface area (Å²) < 4.78 is 24.4. The van der Waals surface area contributed by atoms with Crippen molar-refractivity contribution in [2.75, 3.05) is 18.4 Å². The second-order valence-corrected chi connectivity index (χ2v) is 12.8. The minimum absolute atomic E-state index is 0.0131. The summed E-state index contributed by atoms with van der Waals surface area (Å²) in [5.41, 5.74) is 2.69. The van der Waals surface area contributed by atoms with Crippen molar-refractivity contribution < 1.29 is 28.2 Å². The van der Waals surface area contributed by atoms with E-state index in [-0.39, 0.29) is 30.0 Å². The van der Waals surface area contributed by atoms with Gasteiger partial charge in [-0.25, -0.2) is 14.0 Å². The zero-order valence-electron chi connectivity index (χ0n) is 25.7. The first-order valence-corrected chi connectivity index (χ1v) is 14.5. The third kappa shape index (κ3) is 9.11. The zero-order chi connectivity index (χ0) is 31.4. The van der Waals surface area contributed by atoms with E-state index in [0.29, 0.717) is 30.0 Å². The van der Waals surface area contributed by atoms with Gasteiger partial charge in [0.1, 0.15) is 22.7 Å². The Hall–Kier alpha value is -4.27. The maximum Gasteiger partial charge on any atom is 0.412 e. The lowest BCUT2D eigenvalue weighted by atomic mass is 9.90. The van der Waals surface area contributed by atoms with E-state index in [4.69, 9.17) is 9.47 Å². The topological polar surface area (TPSA) is 97.8 Å². The van der Waals surface area contributed by atoms with Gasteiger partial charge in [-0.15, -0.1) is 0 Å². The Morgan fingerprint density at radius 3 is 2.09 bits per heavy atom.